The molecule has 6 nitrogen and oxygen atoms in total. The fraction of sp³-hybridized carbons (Fsp3) is 0.400. The van der Waals surface area contributed by atoms with Crippen LogP contribution in [0.25, 0.3) is 5.76 Å². The summed E-state index contributed by atoms with van der Waals surface area (Å²) in [6, 6.07) is 0. The van der Waals surface area contributed by atoms with Crippen molar-refractivity contribution in [1.29, 1.82) is 0 Å². The monoisotopic (exact) mass is 358 g/mol. The molecule has 2 aliphatic rings. The van der Waals surface area contributed by atoms with E-state index in [0.717, 1.165) is 0 Å². The summed E-state index contributed by atoms with van der Waals surface area (Å²) in [5.74, 6) is -2.79. The molecule has 0 fully saturated rings. The van der Waals surface area contributed by atoms with Crippen molar-refractivity contribution >= 4 is 17.3 Å². The smallest absolute Gasteiger partial charge is 0.234 e. The first-order chi connectivity index (χ1) is 12.1. The Hall–Kier alpha value is -2.60. The second kappa shape index (κ2) is 5.71. The molecule has 0 radical (unpaired) electrons. The third-order valence-electron chi connectivity index (χ3n) is 5.34. The van der Waals surface area contributed by atoms with Gasteiger partial charge in [0.15, 0.2) is 11.5 Å². The molecule has 1 aromatic carbocycles. The van der Waals surface area contributed by atoms with Crippen LogP contribution < -0.4 is 4.74 Å². The molecule has 0 aromatic heterocycles. The number of allylic oxidation sites excluding steroid dienone is 2. The molecule has 0 saturated carbocycles. The SMILES string of the molecule is C=CC[C@]1(C)c2c(C)c3c(c(O)c2OC1O)C(O)=C(C(C)C)C(=O)C3=O. The summed E-state index contributed by atoms with van der Waals surface area (Å²) in [7, 11) is 0. The Morgan fingerprint density at radius 1 is 1.23 bits per heavy atom. The van der Waals surface area contributed by atoms with Crippen molar-refractivity contribution in [2.75, 3.05) is 0 Å². The minimum Gasteiger partial charge on any atom is -0.507 e. The third kappa shape index (κ3) is 2.08. The van der Waals surface area contributed by atoms with Crippen molar-refractivity contribution in [2.24, 2.45) is 5.92 Å². The number of phenols is 1. The van der Waals surface area contributed by atoms with Gasteiger partial charge in [-0.25, -0.2) is 0 Å². The summed E-state index contributed by atoms with van der Waals surface area (Å²) < 4.78 is 5.49. The summed E-state index contributed by atoms with van der Waals surface area (Å²) >= 11 is 0. The number of Topliss-reactive ketones (excluding diaryl/α,β-unsaturated/α-hetero) is 2. The van der Waals surface area contributed by atoms with E-state index in [-0.39, 0.29) is 22.4 Å². The van der Waals surface area contributed by atoms with E-state index < -0.39 is 40.7 Å². The molecular formula is C20H22O6. The van der Waals surface area contributed by atoms with E-state index in [1.165, 1.54) is 0 Å². The normalized spacial score (nSPS) is 24.6. The van der Waals surface area contributed by atoms with E-state index in [1.807, 2.05) is 0 Å². The van der Waals surface area contributed by atoms with Crippen molar-refractivity contribution < 1.29 is 29.6 Å². The second-order valence-corrected chi connectivity index (χ2v) is 7.38. The van der Waals surface area contributed by atoms with Crippen molar-refractivity contribution in [2.45, 2.75) is 45.8 Å². The minimum atomic E-state index is -1.26. The van der Waals surface area contributed by atoms with Crippen LogP contribution in [-0.2, 0) is 10.2 Å². The van der Waals surface area contributed by atoms with Crippen LogP contribution in [0.3, 0.4) is 0 Å². The first kappa shape index (κ1) is 18.2. The molecule has 1 heterocycles. The van der Waals surface area contributed by atoms with Crippen molar-refractivity contribution in [3.05, 3.63) is 40.5 Å². The van der Waals surface area contributed by atoms with E-state index >= 15 is 0 Å². The zero-order valence-electron chi connectivity index (χ0n) is 15.2. The minimum absolute atomic E-state index is 0.0231. The summed E-state index contributed by atoms with van der Waals surface area (Å²) in [6.07, 6.45) is 0.686. The van der Waals surface area contributed by atoms with E-state index in [9.17, 15) is 24.9 Å². The van der Waals surface area contributed by atoms with Gasteiger partial charge in [-0.15, -0.1) is 6.58 Å². The maximum atomic E-state index is 12.8. The van der Waals surface area contributed by atoms with Crippen LogP contribution in [0.1, 0.15) is 54.2 Å². The Balaban J connectivity index is 2.43. The number of carbonyl (C=O) groups excluding carboxylic acids is 2. The summed E-state index contributed by atoms with van der Waals surface area (Å²) in [5, 5.41) is 31.8. The molecule has 26 heavy (non-hydrogen) atoms. The molecule has 0 saturated heterocycles. The molecule has 1 aromatic rings. The summed E-state index contributed by atoms with van der Waals surface area (Å²) in [6.45, 7) is 10.4. The van der Waals surface area contributed by atoms with Gasteiger partial charge in [0.2, 0.25) is 17.9 Å². The molecule has 1 aliphatic carbocycles. The molecule has 0 spiro atoms. The predicted molar refractivity (Wildman–Crippen MR) is 95.4 cm³/mol. The van der Waals surface area contributed by atoms with Gasteiger partial charge in [0, 0.05) is 16.7 Å². The van der Waals surface area contributed by atoms with Crippen LogP contribution in [0.2, 0.25) is 0 Å². The molecule has 6 heteroatoms. The van der Waals surface area contributed by atoms with Gasteiger partial charge in [0.1, 0.15) is 5.76 Å². The highest BCUT2D eigenvalue weighted by atomic mass is 16.6. The number of phenolic OH excluding ortho intramolecular Hbond substituents is 1. The highest BCUT2D eigenvalue weighted by Crippen LogP contribution is 2.55. The number of hydrogen-bond donors (Lipinski definition) is 3. The summed E-state index contributed by atoms with van der Waals surface area (Å²) in [4.78, 5) is 25.3. The Morgan fingerprint density at radius 3 is 2.38 bits per heavy atom. The van der Waals surface area contributed by atoms with E-state index in [4.69, 9.17) is 4.74 Å². The van der Waals surface area contributed by atoms with Gasteiger partial charge in [0.25, 0.3) is 0 Å². The first-order valence-electron chi connectivity index (χ1n) is 8.46. The van der Waals surface area contributed by atoms with E-state index in [1.54, 1.807) is 33.8 Å². The van der Waals surface area contributed by atoms with Crippen LogP contribution in [0.5, 0.6) is 11.5 Å². The number of benzene rings is 1. The molecule has 0 bridgehead atoms. The maximum absolute atomic E-state index is 12.8. The van der Waals surface area contributed by atoms with E-state index in [2.05, 4.69) is 6.58 Å². The zero-order chi connectivity index (χ0) is 19.5. The number of ether oxygens (including phenoxy) is 1. The fourth-order valence-corrected chi connectivity index (χ4v) is 4.03. The molecule has 0 amide bonds. The van der Waals surface area contributed by atoms with Gasteiger partial charge in [-0.2, -0.15) is 0 Å². The average molecular weight is 358 g/mol. The van der Waals surface area contributed by atoms with Gasteiger partial charge in [-0.1, -0.05) is 19.9 Å². The van der Waals surface area contributed by atoms with Crippen LogP contribution in [-0.4, -0.2) is 33.2 Å². The van der Waals surface area contributed by atoms with Gasteiger partial charge in [-0.3, -0.25) is 9.59 Å². The van der Waals surface area contributed by atoms with Gasteiger partial charge in [-0.05, 0) is 31.7 Å². The zero-order valence-corrected chi connectivity index (χ0v) is 15.2. The standard InChI is InChI=1S/C20H22O6/c1-6-7-20(5)13-9(4)11-12(17(24)18(13)26-19(20)25)14(21)10(8(2)3)15(22)16(11)23/h6,8,19,21,24-25H,1,7H2,2-5H3/t19?,20-/m1/s1. The number of hydrogen-bond acceptors (Lipinski definition) is 6. The maximum Gasteiger partial charge on any atom is 0.234 e. The van der Waals surface area contributed by atoms with Crippen LogP contribution in [0.15, 0.2) is 18.2 Å². The lowest BCUT2D eigenvalue weighted by Gasteiger charge is -2.28. The predicted octanol–water partition coefficient (Wildman–Crippen LogP) is 2.94. The van der Waals surface area contributed by atoms with Gasteiger partial charge in [0.05, 0.1) is 11.0 Å². The molecule has 2 atom stereocenters. The lowest BCUT2D eigenvalue weighted by Crippen LogP contribution is -2.35. The number of fused-ring (bicyclic) bond motifs is 2. The average Bonchev–Trinajstić information content (AvgIpc) is 2.81. The number of carbonyl (C=O) groups is 2. The second-order valence-electron chi connectivity index (χ2n) is 7.38. The number of aliphatic hydroxyl groups excluding tert-OH is 2. The van der Waals surface area contributed by atoms with Crippen LogP contribution in [0, 0.1) is 12.8 Å². The lowest BCUT2D eigenvalue weighted by atomic mass is 9.73. The number of aliphatic hydroxyl groups is 2. The Morgan fingerprint density at radius 2 is 1.85 bits per heavy atom. The first-order valence-corrected chi connectivity index (χ1v) is 8.46. The number of ketones is 2. The Labute approximate surface area is 151 Å². The van der Waals surface area contributed by atoms with Crippen molar-refractivity contribution in [3.8, 4) is 11.5 Å². The van der Waals surface area contributed by atoms with Crippen LogP contribution in [0.4, 0.5) is 0 Å². The summed E-state index contributed by atoms with van der Waals surface area (Å²) in [5.41, 5.74) is -0.269. The highest BCUT2D eigenvalue weighted by Gasteiger charge is 2.50. The topological polar surface area (TPSA) is 104 Å². The number of rotatable bonds is 3. The molecular weight excluding hydrogens is 336 g/mol. The van der Waals surface area contributed by atoms with Gasteiger partial charge >= 0.3 is 0 Å². The van der Waals surface area contributed by atoms with Crippen molar-refractivity contribution in [3.63, 3.8) is 0 Å². The van der Waals surface area contributed by atoms with Crippen molar-refractivity contribution in [1.82, 2.24) is 0 Å². The lowest BCUT2D eigenvalue weighted by molar-refractivity contribution is -0.112. The molecule has 3 rings (SSSR count). The van der Waals surface area contributed by atoms with Crippen LogP contribution >= 0.6 is 0 Å². The Bertz CT molecular complexity index is 892. The van der Waals surface area contributed by atoms with E-state index in [0.29, 0.717) is 17.5 Å². The fourth-order valence-electron chi connectivity index (χ4n) is 4.03. The highest BCUT2D eigenvalue weighted by molar-refractivity contribution is 6.52. The third-order valence-corrected chi connectivity index (χ3v) is 5.34. The molecule has 1 aliphatic heterocycles. The van der Waals surface area contributed by atoms with Gasteiger partial charge < -0.3 is 20.1 Å². The largest absolute Gasteiger partial charge is 0.507 e. The Kier molecular flexibility index (Phi) is 3.99. The number of aromatic hydroxyl groups is 1. The quantitative estimate of drug-likeness (QED) is 0.567. The molecule has 3 N–H and O–H groups in total. The molecule has 138 valence electrons. The molecule has 1 unspecified atom stereocenters.